The van der Waals surface area contributed by atoms with Crippen LogP contribution in [-0.2, 0) is 4.79 Å². The Bertz CT molecular complexity index is 148. The molecule has 0 fully saturated rings. The Kier molecular flexibility index (Phi) is 7.30. The fourth-order valence-corrected chi connectivity index (χ4v) is 1.00. The van der Waals surface area contributed by atoms with Gasteiger partial charge in [0.2, 0.25) is 0 Å². The number of carboxylic acid groups (broad SMARTS) is 1. The first-order chi connectivity index (χ1) is 6.13. The van der Waals surface area contributed by atoms with Gasteiger partial charge in [0.25, 0.3) is 0 Å². The van der Waals surface area contributed by atoms with Gasteiger partial charge in [-0.05, 0) is 26.3 Å². The molecule has 0 aromatic heterocycles. The summed E-state index contributed by atoms with van der Waals surface area (Å²) in [6.07, 6.45) is 3.10. The number of carbonyl (C=O) groups is 1. The number of hydrogen-bond acceptors (Lipinski definition) is 2. The molecule has 0 atom stereocenters. The van der Waals surface area contributed by atoms with E-state index >= 15 is 0 Å². The van der Waals surface area contributed by atoms with Gasteiger partial charge in [-0.3, -0.25) is 4.79 Å². The molecule has 0 aromatic rings. The van der Waals surface area contributed by atoms with Crippen molar-refractivity contribution in [3.63, 3.8) is 0 Å². The molecule has 76 valence electrons. The van der Waals surface area contributed by atoms with E-state index < -0.39 is 5.97 Å². The third-order valence-corrected chi connectivity index (χ3v) is 1.67. The Hall–Kier alpha value is -0.830. The van der Waals surface area contributed by atoms with E-state index in [0.717, 1.165) is 37.9 Å². The number of nitrogens with one attached hydrogen (secondary N) is 1. The summed E-state index contributed by atoms with van der Waals surface area (Å²) in [5.41, 5.74) is 1.13. The third kappa shape index (κ3) is 11.2. The van der Waals surface area contributed by atoms with Crippen LogP contribution in [0.3, 0.4) is 0 Å². The number of carboxylic acids is 1. The molecule has 0 radical (unpaired) electrons. The quantitative estimate of drug-likeness (QED) is 0.448. The summed E-state index contributed by atoms with van der Waals surface area (Å²) in [5, 5.41) is 11.6. The zero-order chi connectivity index (χ0) is 10.1. The second-order valence-electron chi connectivity index (χ2n) is 3.34. The van der Waals surface area contributed by atoms with Gasteiger partial charge in [0.15, 0.2) is 0 Å². The van der Waals surface area contributed by atoms with Crippen molar-refractivity contribution < 1.29 is 9.90 Å². The summed E-state index contributed by atoms with van der Waals surface area (Å²) in [6.45, 7) is 7.57. The molecular formula is C10H19NO2. The van der Waals surface area contributed by atoms with Crippen LogP contribution in [0.2, 0.25) is 0 Å². The van der Waals surface area contributed by atoms with E-state index in [1.807, 2.05) is 6.92 Å². The summed E-state index contributed by atoms with van der Waals surface area (Å²) < 4.78 is 0. The van der Waals surface area contributed by atoms with Gasteiger partial charge in [0.1, 0.15) is 0 Å². The highest BCUT2D eigenvalue weighted by molar-refractivity contribution is 5.66. The van der Waals surface area contributed by atoms with Crippen LogP contribution in [0.15, 0.2) is 12.2 Å². The molecule has 0 bridgehead atoms. The third-order valence-electron chi connectivity index (χ3n) is 1.67. The lowest BCUT2D eigenvalue weighted by Gasteiger charge is -2.02. The lowest BCUT2D eigenvalue weighted by atomic mass is 10.2. The van der Waals surface area contributed by atoms with Crippen LogP contribution in [0.5, 0.6) is 0 Å². The van der Waals surface area contributed by atoms with Crippen LogP contribution in [0, 0.1) is 0 Å². The molecule has 3 nitrogen and oxygen atoms in total. The molecular weight excluding hydrogens is 166 g/mol. The summed E-state index contributed by atoms with van der Waals surface area (Å²) >= 11 is 0. The van der Waals surface area contributed by atoms with Crippen molar-refractivity contribution in [2.24, 2.45) is 0 Å². The van der Waals surface area contributed by atoms with Crippen molar-refractivity contribution in [1.29, 1.82) is 0 Å². The smallest absolute Gasteiger partial charge is 0.303 e. The molecule has 0 aliphatic heterocycles. The van der Waals surface area contributed by atoms with Crippen molar-refractivity contribution in [3.05, 3.63) is 12.2 Å². The molecule has 0 rings (SSSR count). The molecule has 0 saturated carbocycles. The molecule has 0 heterocycles. The fraction of sp³-hybridized carbons (Fsp3) is 0.700. The predicted octanol–water partition coefficient (Wildman–Crippen LogP) is 1.80. The van der Waals surface area contributed by atoms with E-state index in [-0.39, 0.29) is 0 Å². The normalized spacial score (nSPS) is 9.92. The van der Waals surface area contributed by atoms with Gasteiger partial charge in [-0.2, -0.15) is 0 Å². The monoisotopic (exact) mass is 185 g/mol. The van der Waals surface area contributed by atoms with Crippen molar-refractivity contribution in [3.8, 4) is 0 Å². The molecule has 0 amide bonds. The highest BCUT2D eigenvalue weighted by Crippen LogP contribution is 1.98. The number of aliphatic carboxylic acids is 1. The molecule has 0 aliphatic carbocycles. The molecule has 0 saturated heterocycles. The Morgan fingerprint density at radius 2 is 2.08 bits per heavy atom. The van der Waals surface area contributed by atoms with E-state index in [4.69, 9.17) is 5.11 Å². The first kappa shape index (κ1) is 12.2. The SMILES string of the molecule is C=C(C)CNCCCCCC(=O)O. The molecule has 0 spiro atoms. The van der Waals surface area contributed by atoms with E-state index in [0.29, 0.717) is 6.42 Å². The fourth-order valence-electron chi connectivity index (χ4n) is 1.00. The first-order valence-corrected chi connectivity index (χ1v) is 4.70. The summed E-state index contributed by atoms with van der Waals surface area (Å²) in [7, 11) is 0. The van der Waals surface area contributed by atoms with Crippen molar-refractivity contribution in [1.82, 2.24) is 5.32 Å². The highest BCUT2D eigenvalue weighted by atomic mass is 16.4. The Balaban J connectivity index is 3.00. The number of hydrogen-bond donors (Lipinski definition) is 2. The summed E-state index contributed by atoms with van der Waals surface area (Å²) in [5.74, 6) is -0.699. The first-order valence-electron chi connectivity index (χ1n) is 4.70. The lowest BCUT2D eigenvalue weighted by molar-refractivity contribution is -0.137. The van der Waals surface area contributed by atoms with Gasteiger partial charge >= 0.3 is 5.97 Å². The Morgan fingerprint density at radius 3 is 2.62 bits per heavy atom. The van der Waals surface area contributed by atoms with E-state index in [9.17, 15) is 4.79 Å². The molecule has 0 aliphatic rings. The van der Waals surface area contributed by atoms with Gasteiger partial charge in [-0.15, -0.1) is 0 Å². The molecule has 3 heteroatoms. The minimum Gasteiger partial charge on any atom is -0.481 e. The Morgan fingerprint density at radius 1 is 1.38 bits per heavy atom. The number of rotatable bonds is 8. The molecule has 0 aromatic carbocycles. The van der Waals surface area contributed by atoms with Crippen molar-refractivity contribution in [2.45, 2.75) is 32.6 Å². The maximum Gasteiger partial charge on any atom is 0.303 e. The largest absolute Gasteiger partial charge is 0.481 e. The van der Waals surface area contributed by atoms with Crippen LogP contribution >= 0.6 is 0 Å². The van der Waals surface area contributed by atoms with Gasteiger partial charge in [-0.1, -0.05) is 18.6 Å². The highest BCUT2D eigenvalue weighted by Gasteiger charge is 1.95. The van der Waals surface area contributed by atoms with Gasteiger partial charge in [0.05, 0.1) is 0 Å². The van der Waals surface area contributed by atoms with E-state index in [2.05, 4.69) is 11.9 Å². The molecule has 2 N–H and O–H groups in total. The number of unbranched alkanes of at least 4 members (excludes halogenated alkanes) is 2. The minimum absolute atomic E-state index is 0.292. The average molecular weight is 185 g/mol. The zero-order valence-corrected chi connectivity index (χ0v) is 8.31. The van der Waals surface area contributed by atoms with E-state index in [1.54, 1.807) is 0 Å². The van der Waals surface area contributed by atoms with Crippen molar-refractivity contribution >= 4 is 5.97 Å². The molecule has 0 unspecified atom stereocenters. The van der Waals surface area contributed by atoms with Crippen LogP contribution in [0.1, 0.15) is 32.6 Å². The van der Waals surface area contributed by atoms with Crippen LogP contribution in [0.25, 0.3) is 0 Å². The maximum atomic E-state index is 10.2. The topological polar surface area (TPSA) is 49.3 Å². The van der Waals surface area contributed by atoms with Crippen molar-refractivity contribution in [2.75, 3.05) is 13.1 Å². The maximum absolute atomic E-state index is 10.2. The lowest BCUT2D eigenvalue weighted by Crippen LogP contribution is -2.17. The minimum atomic E-state index is -0.699. The van der Waals surface area contributed by atoms with Crippen LogP contribution < -0.4 is 5.32 Å². The zero-order valence-electron chi connectivity index (χ0n) is 8.31. The summed E-state index contributed by atoms with van der Waals surface area (Å²) in [6, 6.07) is 0. The predicted molar refractivity (Wildman–Crippen MR) is 53.8 cm³/mol. The second kappa shape index (κ2) is 7.80. The van der Waals surface area contributed by atoms with E-state index in [1.165, 1.54) is 0 Å². The van der Waals surface area contributed by atoms with Gasteiger partial charge in [0, 0.05) is 13.0 Å². The standard InChI is InChI=1S/C10H19NO2/c1-9(2)8-11-7-5-3-4-6-10(12)13/h11H,1,3-8H2,2H3,(H,12,13). The van der Waals surface area contributed by atoms with Crippen LogP contribution in [-0.4, -0.2) is 24.2 Å². The summed E-state index contributed by atoms with van der Waals surface area (Å²) in [4.78, 5) is 10.2. The van der Waals surface area contributed by atoms with Gasteiger partial charge in [-0.25, -0.2) is 0 Å². The van der Waals surface area contributed by atoms with Crippen LogP contribution in [0.4, 0.5) is 0 Å². The Labute approximate surface area is 79.8 Å². The van der Waals surface area contributed by atoms with Gasteiger partial charge < -0.3 is 10.4 Å². The second-order valence-corrected chi connectivity index (χ2v) is 3.34. The molecule has 13 heavy (non-hydrogen) atoms. The average Bonchev–Trinajstić information content (AvgIpc) is 2.01.